The van der Waals surface area contributed by atoms with Crippen molar-refractivity contribution in [2.45, 2.75) is 106 Å². The summed E-state index contributed by atoms with van der Waals surface area (Å²) in [5.41, 5.74) is 25.0. The third-order valence-electron chi connectivity index (χ3n) is 12.1. The molecule has 0 unspecified atom stereocenters. The summed E-state index contributed by atoms with van der Waals surface area (Å²) in [4.78, 5) is 31.0. The number of para-hydroxylation sites is 2. The van der Waals surface area contributed by atoms with Crippen molar-refractivity contribution in [2.24, 2.45) is 0 Å². The van der Waals surface area contributed by atoms with Crippen molar-refractivity contribution in [1.82, 2.24) is 0 Å². The van der Waals surface area contributed by atoms with Crippen LogP contribution in [0.1, 0.15) is 112 Å². The molecule has 0 aliphatic rings. The molecule has 0 radical (unpaired) electrons. The van der Waals surface area contributed by atoms with Gasteiger partial charge in [-0.3, -0.25) is 9.80 Å². The van der Waals surface area contributed by atoms with Crippen molar-refractivity contribution in [1.29, 1.82) is 0 Å². The molecule has 6 N–H and O–H groups in total. The summed E-state index contributed by atoms with van der Waals surface area (Å²) in [7, 11) is 3.28. The van der Waals surface area contributed by atoms with Gasteiger partial charge in [-0.15, -0.1) is 0 Å². The van der Waals surface area contributed by atoms with E-state index >= 15 is 0 Å². The number of hydrogen-bond acceptors (Lipinski definition) is 6. The predicted molar refractivity (Wildman–Crippen MR) is 282 cm³/mol. The molecule has 11 heteroatoms. The molecule has 0 atom stereocenters. The second kappa shape index (κ2) is 24.2. The van der Waals surface area contributed by atoms with Crippen LogP contribution in [0.4, 0.5) is 43.7 Å². The van der Waals surface area contributed by atoms with Crippen LogP contribution in [0.2, 0.25) is 5.02 Å². The molecule has 0 aliphatic carbocycles. The summed E-state index contributed by atoms with van der Waals surface area (Å²) in [5, 5.41) is 6.88. The van der Waals surface area contributed by atoms with Crippen LogP contribution in [0.3, 0.4) is 0 Å². The summed E-state index contributed by atoms with van der Waals surface area (Å²) < 4.78 is 11.1. The molecule has 0 saturated carbocycles. The van der Waals surface area contributed by atoms with Crippen molar-refractivity contribution in [3.8, 4) is 11.5 Å². The fourth-order valence-electron chi connectivity index (χ4n) is 8.17. The lowest BCUT2D eigenvalue weighted by atomic mass is 10.0. The average Bonchev–Trinajstić information content (AvgIpc) is 3.33. The summed E-state index contributed by atoms with van der Waals surface area (Å²) in [6.45, 7) is 17.5. The molecule has 354 valence electrons. The molecule has 0 spiro atoms. The first-order chi connectivity index (χ1) is 32.2. The first kappa shape index (κ1) is 51.3. The summed E-state index contributed by atoms with van der Waals surface area (Å²) >= 11 is 6.50. The average molecular weight is 926 g/mol. The van der Waals surface area contributed by atoms with E-state index in [-0.39, 0.29) is 12.1 Å². The van der Waals surface area contributed by atoms with Gasteiger partial charge in [0.05, 0.1) is 38.7 Å². The molecule has 6 aromatic rings. The number of carbonyl (C=O) groups excluding carboxylic acids is 2. The Bertz CT molecular complexity index is 2570. The first-order valence-corrected chi connectivity index (χ1v) is 23.7. The van der Waals surface area contributed by atoms with Crippen LogP contribution in [-0.2, 0) is 38.8 Å². The summed E-state index contributed by atoms with van der Waals surface area (Å²) in [6, 6.07) is 37.0. The fourth-order valence-corrected chi connectivity index (χ4v) is 8.52. The second-order valence-electron chi connectivity index (χ2n) is 17.0. The molecule has 10 nitrogen and oxygen atoms in total. The van der Waals surface area contributed by atoms with E-state index in [1.54, 1.807) is 30.1 Å². The van der Waals surface area contributed by atoms with Gasteiger partial charge in [-0.2, -0.15) is 0 Å². The molecule has 0 bridgehead atoms. The van der Waals surface area contributed by atoms with Gasteiger partial charge in [0.25, 0.3) is 0 Å². The number of amides is 4. The number of rotatable bonds is 16. The molecular weight excluding hydrogens is 856 g/mol. The Morgan fingerprint density at radius 3 is 1.36 bits per heavy atom. The van der Waals surface area contributed by atoms with E-state index < -0.39 is 0 Å². The normalized spacial score (nSPS) is 10.9. The van der Waals surface area contributed by atoms with Gasteiger partial charge in [-0.1, -0.05) is 134 Å². The minimum atomic E-state index is -0.255. The predicted octanol–water partition coefficient (Wildman–Crippen LogP) is 14.2. The highest BCUT2D eigenvalue weighted by Gasteiger charge is 2.24. The van der Waals surface area contributed by atoms with Crippen LogP contribution in [0, 0.1) is 0 Å². The van der Waals surface area contributed by atoms with Crippen molar-refractivity contribution < 1.29 is 19.1 Å². The van der Waals surface area contributed by atoms with Crippen LogP contribution >= 0.6 is 11.6 Å². The van der Waals surface area contributed by atoms with E-state index in [1.165, 1.54) is 11.1 Å². The molecule has 6 aromatic carbocycles. The number of carbonyl (C=O) groups is 2. The first-order valence-electron chi connectivity index (χ1n) is 23.3. The number of nitrogens with one attached hydrogen (secondary N) is 2. The monoisotopic (exact) mass is 925 g/mol. The second-order valence-corrected chi connectivity index (χ2v) is 17.4. The minimum absolute atomic E-state index is 0.201. The van der Waals surface area contributed by atoms with Gasteiger partial charge in [0.2, 0.25) is 0 Å². The zero-order valence-corrected chi connectivity index (χ0v) is 41.7. The van der Waals surface area contributed by atoms with Crippen molar-refractivity contribution in [3.63, 3.8) is 0 Å². The van der Waals surface area contributed by atoms with Gasteiger partial charge in [0.1, 0.15) is 11.5 Å². The number of nitrogens with zero attached hydrogens (tertiary/aromatic N) is 2. The molecule has 67 heavy (non-hydrogen) atoms. The van der Waals surface area contributed by atoms with Gasteiger partial charge in [0, 0.05) is 38.9 Å². The van der Waals surface area contributed by atoms with Crippen LogP contribution in [0.25, 0.3) is 0 Å². The number of anilines is 6. The van der Waals surface area contributed by atoms with E-state index in [0.29, 0.717) is 59.9 Å². The van der Waals surface area contributed by atoms with Crippen molar-refractivity contribution >= 4 is 57.8 Å². The molecular formula is C56H69ClN6O4. The van der Waals surface area contributed by atoms with Crippen molar-refractivity contribution in [2.75, 3.05) is 46.1 Å². The van der Waals surface area contributed by atoms with Crippen molar-refractivity contribution in [3.05, 3.63) is 165 Å². The summed E-state index contributed by atoms with van der Waals surface area (Å²) in [5.74, 6) is 2.30. The number of hydrogen-bond donors (Lipinski definition) is 4. The number of benzene rings is 6. The van der Waals surface area contributed by atoms with E-state index in [1.807, 2.05) is 98.8 Å². The van der Waals surface area contributed by atoms with Gasteiger partial charge in [-0.25, -0.2) is 9.59 Å². The third kappa shape index (κ3) is 12.6. The molecule has 4 amide bonds. The lowest BCUT2D eigenvalue weighted by Crippen LogP contribution is -2.35. The smallest absolute Gasteiger partial charge is 0.326 e. The standard InChI is InChI=1S/C28H34ClN3O2.C28H35N3O2/c1-6-22-24(29)16-25(30)23(7-2)27(22)31-28(33)32(17-20-10-8-9-11-26(20)34-5)21-14-12-19(13-15-21)18(3)4;1-6-20-14-17-25(29)24(7-2)27(20)30-28(32)31(18-22-10-8-9-11-26(22)33-5)23-15-12-21(13-16-23)19(3)4/h8-16,18H,6-7,17,30H2,1-5H3,(H,31,33);8-17,19H,6-7,18,29H2,1-5H3,(H,30,32). The third-order valence-corrected chi connectivity index (χ3v) is 12.5. The van der Waals surface area contributed by atoms with Gasteiger partial charge < -0.3 is 31.6 Å². The maximum Gasteiger partial charge on any atom is 0.326 e. The number of nitrogens with two attached hydrogens (primary N) is 2. The Kier molecular flexibility index (Phi) is 18.6. The van der Waals surface area contributed by atoms with Gasteiger partial charge in [0.15, 0.2) is 0 Å². The largest absolute Gasteiger partial charge is 0.496 e. The maximum absolute atomic E-state index is 13.8. The molecule has 6 rings (SSSR count). The maximum atomic E-state index is 13.8. The van der Waals surface area contributed by atoms with Crippen LogP contribution in [0.5, 0.6) is 11.5 Å². The number of ether oxygens (including phenoxy) is 2. The van der Waals surface area contributed by atoms with Crippen LogP contribution < -0.4 is 41.4 Å². The molecule has 0 fully saturated rings. The topological polar surface area (TPSA) is 135 Å². The molecule has 0 saturated heterocycles. The minimum Gasteiger partial charge on any atom is -0.496 e. The van der Waals surface area contributed by atoms with Crippen LogP contribution in [-0.4, -0.2) is 26.3 Å². The lowest BCUT2D eigenvalue weighted by Gasteiger charge is -2.26. The van der Waals surface area contributed by atoms with E-state index in [2.05, 4.69) is 76.4 Å². The Hall–Kier alpha value is -6.65. The molecule has 0 aromatic heterocycles. The van der Waals surface area contributed by atoms with E-state index in [4.69, 9.17) is 32.5 Å². The highest BCUT2D eigenvalue weighted by Crippen LogP contribution is 2.36. The van der Waals surface area contributed by atoms with Gasteiger partial charge >= 0.3 is 12.1 Å². The highest BCUT2D eigenvalue weighted by molar-refractivity contribution is 6.32. The Morgan fingerprint density at radius 2 is 0.955 bits per heavy atom. The zero-order valence-electron chi connectivity index (χ0n) is 40.9. The van der Waals surface area contributed by atoms with Crippen LogP contribution in [0.15, 0.2) is 115 Å². The number of aryl methyl sites for hydroxylation is 1. The Balaban J connectivity index is 0.000000251. The van der Waals surface area contributed by atoms with Gasteiger partial charge in [-0.05, 0) is 119 Å². The Labute approximate surface area is 403 Å². The summed E-state index contributed by atoms with van der Waals surface area (Å²) in [6.07, 6.45) is 2.90. The van der Waals surface area contributed by atoms with E-state index in [9.17, 15) is 9.59 Å². The lowest BCUT2D eigenvalue weighted by molar-refractivity contribution is 0.255. The number of halogens is 1. The number of methoxy groups -OCH3 is 2. The Morgan fingerprint density at radius 1 is 0.537 bits per heavy atom. The molecule has 0 aliphatic heterocycles. The number of urea groups is 2. The molecule has 0 heterocycles. The SMILES string of the molecule is CCc1c(N)cc(Cl)c(CC)c1NC(=O)N(Cc1ccccc1OC)c1ccc(C(C)C)cc1.CCc1ccc(N)c(CC)c1NC(=O)N(Cc1ccccc1OC)c1ccc(C(C)C)cc1. The number of nitrogen functional groups attached to an aromatic ring is 2. The van der Waals surface area contributed by atoms with E-state index in [0.717, 1.165) is 74.8 Å². The quantitative estimate of drug-likeness (QED) is 0.0714. The highest BCUT2D eigenvalue weighted by atomic mass is 35.5. The zero-order chi connectivity index (χ0) is 48.8. The fraction of sp³-hybridized carbons (Fsp3) is 0.321.